The lowest BCUT2D eigenvalue weighted by Crippen LogP contribution is -2.27. The van der Waals surface area contributed by atoms with Crippen LogP contribution in [0.5, 0.6) is 0 Å². The summed E-state index contributed by atoms with van der Waals surface area (Å²) in [6, 6.07) is 1.40. The summed E-state index contributed by atoms with van der Waals surface area (Å²) >= 11 is 0. The van der Waals surface area contributed by atoms with Crippen LogP contribution in [0.4, 0.5) is 14.5 Å². The lowest BCUT2D eigenvalue weighted by molar-refractivity contribution is 0.0937. The Labute approximate surface area is 119 Å². The molecule has 3 N–H and O–H groups in total. The van der Waals surface area contributed by atoms with Gasteiger partial charge in [-0.15, -0.1) is 10.2 Å². The number of hydrogen-bond acceptors (Lipinski definition) is 5. The Kier molecular flexibility index (Phi) is 4.41. The van der Waals surface area contributed by atoms with Crippen molar-refractivity contribution < 1.29 is 13.6 Å². The number of anilines is 1. The number of halogens is 2. The van der Waals surface area contributed by atoms with Gasteiger partial charge in [0.15, 0.2) is 5.82 Å². The van der Waals surface area contributed by atoms with Crippen LogP contribution in [0.2, 0.25) is 0 Å². The molecule has 0 saturated carbocycles. The first-order valence-corrected chi connectivity index (χ1v) is 6.30. The molecule has 0 bridgehead atoms. The predicted molar refractivity (Wildman–Crippen MR) is 70.6 cm³/mol. The van der Waals surface area contributed by atoms with E-state index in [0.717, 1.165) is 12.1 Å². The molecule has 0 aliphatic heterocycles. The van der Waals surface area contributed by atoms with Gasteiger partial charge in [-0.05, 0) is 26.0 Å². The predicted octanol–water partition coefficient (Wildman–Crippen LogP) is 1.40. The summed E-state index contributed by atoms with van der Waals surface area (Å²) in [5.74, 6) is -2.01. The van der Waals surface area contributed by atoms with Crippen molar-refractivity contribution in [2.45, 2.75) is 19.9 Å². The number of aromatic amines is 1. The zero-order valence-corrected chi connectivity index (χ0v) is 11.4. The number of nitrogens with one attached hydrogen (secondary N) is 3. The molecule has 112 valence electrons. The van der Waals surface area contributed by atoms with Crippen molar-refractivity contribution in [3.8, 4) is 0 Å². The number of aromatic nitrogens is 4. The number of carbonyl (C=O) groups is 1. The monoisotopic (exact) mass is 296 g/mol. The lowest BCUT2D eigenvalue weighted by Gasteiger charge is -2.12. The molecular formula is C12H14F2N6O. The Bertz CT molecular complexity index is 608. The maximum atomic E-state index is 13.7. The van der Waals surface area contributed by atoms with Gasteiger partial charge in [0.25, 0.3) is 5.91 Å². The minimum atomic E-state index is -0.825. The van der Waals surface area contributed by atoms with E-state index in [9.17, 15) is 13.6 Å². The fourth-order valence-corrected chi connectivity index (χ4v) is 1.75. The average Bonchev–Trinajstić information content (AvgIpc) is 2.96. The van der Waals surface area contributed by atoms with Crippen LogP contribution < -0.4 is 10.6 Å². The number of carbonyl (C=O) groups excluding carboxylic acids is 1. The van der Waals surface area contributed by atoms with Crippen LogP contribution in [-0.2, 0) is 0 Å². The summed E-state index contributed by atoms with van der Waals surface area (Å²) in [4.78, 5) is 12.0. The lowest BCUT2D eigenvalue weighted by atomic mass is 10.1. The molecule has 9 heteroatoms. The maximum absolute atomic E-state index is 13.7. The molecule has 1 heterocycles. The molecule has 7 nitrogen and oxygen atoms in total. The van der Waals surface area contributed by atoms with E-state index in [0.29, 0.717) is 6.54 Å². The third kappa shape index (κ3) is 3.30. The maximum Gasteiger partial charge on any atom is 0.252 e. The van der Waals surface area contributed by atoms with Gasteiger partial charge in [-0.25, -0.2) is 8.78 Å². The molecule has 1 unspecified atom stereocenters. The topological polar surface area (TPSA) is 95.6 Å². The third-order valence-electron chi connectivity index (χ3n) is 2.75. The van der Waals surface area contributed by atoms with Crippen molar-refractivity contribution in [3.63, 3.8) is 0 Å². The van der Waals surface area contributed by atoms with E-state index in [1.165, 1.54) is 0 Å². The highest BCUT2D eigenvalue weighted by atomic mass is 19.1. The average molecular weight is 296 g/mol. The highest BCUT2D eigenvalue weighted by molar-refractivity contribution is 5.94. The molecular weight excluding hydrogens is 282 g/mol. The largest absolute Gasteiger partial charge is 0.381 e. The molecule has 0 radical (unpaired) electrons. The molecule has 2 rings (SSSR count). The van der Waals surface area contributed by atoms with Crippen molar-refractivity contribution in [3.05, 3.63) is 35.2 Å². The first-order chi connectivity index (χ1) is 10.0. The van der Waals surface area contributed by atoms with Gasteiger partial charge in [0.05, 0.1) is 6.04 Å². The molecule has 1 amide bonds. The smallest absolute Gasteiger partial charge is 0.252 e. The van der Waals surface area contributed by atoms with Crippen LogP contribution in [0, 0.1) is 11.6 Å². The summed E-state index contributed by atoms with van der Waals surface area (Å²) < 4.78 is 27.5. The van der Waals surface area contributed by atoms with Crippen molar-refractivity contribution in [1.82, 2.24) is 25.9 Å². The number of amides is 1. The van der Waals surface area contributed by atoms with Gasteiger partial charge in [0, 0.05) is 12.1 Å². The summed E-state index contributed by atoms with van der Waals surface area (Å²) in [7, 11) is 0. The Balaban J connectivity index is 2.16. The first kappa shape index (κ1) is 14.8. The van der Waals surface area contributed by atoms with Crippen molar-refractivity contribution >= 4 is 11.6 Å². The molecule has 1 aromatic carbocycles. The van der Waals surface area contributed by atoms with Crippen molar-refractivity contribution in [2.75, 3.05) is 11.9 Å². The Morgan fingerprint density at radius 2 is 2.05 bits per heavy atom. The second-order valence-corrected chi connectivity index (χ2v) is 4.31. The minimum absolute atomic E-state index is 0.123. The number of nitrogens with zero attached hydrogens (tertiary/aromatic N) is 3. The Morgan fingerprint density at radius 3 is 2.57 bits per heavy atom. The SMILES string of the molecule is CCNc1c(F)cc(C(=O)NC(C)c2nn[nH]n2)cc1F. The zero-order chi connectivity index (χ0) is 15.4. The highest BCUT2D eigenvalue weighted by Crippen LogP contribution is 2.21. The van der Waals surface area contributed by atoms with Gasteiger partial charge < -0.3 is 10.6 Å². The Morgan fingerprint density at radius 1 is 1.38 bits per heavy atom. The van der Waals surface area contributed by atoms with Gasteiger partial charge in [0.1, 0.15) is 17.3 Å². The molecule has 1 atom stereocenters. The number of rotatable bonds is 5. The second-order valence-electron chi connectivity index (χ2n) is 4.31. The van der Waals surface area contributed by atoms with E-state index < -0.39 is 23.6 Å². The molecule has 0 fully saturated rings. The van der Waals surface area contributed by atoms with E-state index >= 15 is 0 Å². The van der Waals surface area contributed by atoms with Crippen LogP contribution in [0.3, 0.4) is 0 Å². The zero-order valence-electron chi connectivity index (χ0n) is 11.4. The van der Waals surface area contributed by atoms with Crippen LogP contribution in [0.25, 0.3) is 0 Å². The van der Waals surface area contributed by atoms with Crippen LogP contribution >= 0.6 is 0 Å². The van der Waals surface area contributed by atoms with Gasteiger partial charge >= 0.3 is 0 Å². The summed E-state index contributed by atoms with van der Waals surface area (Å²) in [6.45, 7) is 3.71. The molecule has 0 aliphatic carbocycles. The van der Waals surface area contributed by atoms with E-state index in [2.05, 4.69) is 31.3 Å². The third-order valence-corrected chi connectivity index (χ3v) is 2.75. The number of hydrogen-bond donors (Lipinski definition) is 3. The highest BCUT2D eigenvalue weighted by Gasteiger charge is 2.18. The standard InChI is InChI=1S/C12H14F2N6O/c1-3-15-10-8(13)4-7(5-9(10)14)12(21)16-6(2)11-17-19-20-18-11/h4-6,15H,3H2,1-2H3,(H,16,21)(H,17,18,19,20). The first-order valence-electron chi connectivity index (χ1n) is 6.30. The molecule has 0 saturated heterocycles. The molecule has 0 aliphatic rings. The van der Waals surface area contributed by atoms with E-state index in [-0.39, 0.29) is 17.1 Å². The molecule has 0 spiro atoms. The van der Waals surface area contributed by atoms with Gasteiger partial charge in [-0.2, -0.15) is 5.21 Å². The van der Waals surface area contributed by atoms with Crippen LogP contribution in [0.15, 0.2) is 12.1 Å². The molecule has 2 aromatic rings. The van der Waals surface area contributed by atoms with E-state index in [4.69, 9.17) is 0 Å². The van der Waals surface area contributed by atoms with E-state index in [1.807, 2.05) is 0 Å². The van der Waals surface area contributed by atoms with Crippen LogP contribution in [-0.4, -0.2) is 33.1 Å². The second kappa shape index (κ2) is 6.25. The Hall–Kier alpha value is -2.58. The normalized spacial score (nSPS) is 12.0. The van der Waals surface area contributed by atoms with Gasteiger partial charge in [-0.1, -0.05) is 5.21 Å². The van der Waals surface area contributed by atoms with Crippen molar-refractivity contribution in [1.29, 1.82) is 0 Å². The summed E-state index contributed by atoms with van der Waals surface area (Å²) in [6.07, 6.45) is 0. The number of tetrazole rings is 1. The quantitative estimate of drug-likeness (QED) is 0.775. The van der Waals surface area contributed by atoms with Gasteiger partial charge in [0.2, 0.25) is 0 Å². The molecule has 21 heavy (non-hydrogen) atoms. The van der Waals surface area contributed by atoms with Gasteiger partial charge in [-0.3, -0.25) is 4.79 Å². The fourth-order valence-electron chi connectivity index (χ4n) is 1.75. The number of benzene rings is 1. The van der Waals surface area contributed by atoms with Crippen LogP contribution in [0.1, 0.15) is 36.1 Å². The fraction of sp³-hybridized carbons (Fsp3) is 0.333. The van der Waals surface area contributed by atoms with E-state index in [1.54, 1.807) is 13.8 Å². The molecule has 1 aromatic heterocycles. The summed E-state index contributed by atoms with van der Waals surface area (Å²) in [5.41, 5.74) is -0.373. The number of H-pyrrole nitrogens is 1. The van der Waals surface area contributed by atoms with Crippen molar-refractivity contribution in [2.24, 2.45) is 0 Å². The minimum Gasteiger partial charge on any atom is -0.381 e. The summed E-state index contributed by atoms with van der Waals surface area (Å²) in [5, 5.41) is 18.1.